The number of rotatable bonds is 5. The summed E-state index contributed by atoms with van der Waals surface area (Å²) in [5.41, 5.74) is 7.74. The Morgan fingerprint density at radius 2 is 2.26 bits per heavy atom. The molecule has 0 fully saturated rings. The van der Waals surface area contributed by atoms with Gasteiger partial charge in [0.2, 0.25) is 0 Å². The van der Waals surface area contributed by atoms with E-state index in [1.165, 1.54) is 17.7 Å². The number of nitrogens with zero attached hydrogens (tertiary/aromatic N) is 1. The van der Waals surface area contributed by atoms with Gasteiger partial charge in [0.05, 0.1) is 12.2 Å². The molecule has 1 aromatic heterocycles. The number of nitrogen functional groups attached to an aromatic ring is 1. The molecule has 5 heteroatoms. The topological polar surface area (TPSA) is 55.6 Å². The Bertz CT molecular complexity index is 457. The van der Waals surface area contributed by atoms with E-state index >= 15 is 0 Å². The summed E-state index contributed by atoms with van der Waals surface area (Å²) in [6.45, 7) is 7.48. The summed E-state index contributed by atoms with van der Waals surface area (Å²) in [7, 11) is 0. The number of fused-ring (bicyclic) bond motifs is 1. The SMILES string of the molecule is CCCCN1CCc2c(sc(N)c2C(=O)OCC)C1. The van der Waals surface area contributed by atoms with Gasteiger partial charge in [0.15, 0.2) is 0 Å². The summed E-state index contributed by atoms with van der Waals surface area (Å²) in [6, 6.07) is 0. The molecule has 0 bridgehead atoms. The van der Waals surface area contributed by atoms with E-state index in [4.69, 9.17) is 10.5 Å². The fraction of sp³-hybridized carbons (Fsp3) is 0.643. The van der Waals surface area contributed by atoms with E-state index < -0.39 is 0 Å². The van der Waals surface area contributed by atoms with Gasteiger partial charge in [0, 0.05) is 18.0 Å². The zero-order valence-corrected chi connectivity index (χ0v) is 12.5. The van der Waals surface area contributed by atoms with E-state index in [2.05, 4.69) is 11.8 Å². The average molecular weight is 282 g/mol. The van der Waals surface area contributed by atoms with E-state index in [1.807, 2.05) is 6.92 Å². The minimum atomic E-state index is -0.264. The zero-order valence-electron chi connectivity index (χ0n) is 11.7. The number of carbonyl (C=O) groups is 1. The van der Waals surface area contributed by atoms with Crippen molar-refractivity contribution in [2.24, 2.45) is 0 Å². The Hall–Kier alpha value is -1.07. The van der Waals surface area contributed by atoms with E-state index in [9.17, 15) is 4.79 Å². The summed E-state index contributed by atoms with van der Waals surface area (Å²) in [6.07, 6.45) is 3.34. The van der Waals surface area contributed by atoms with E-state index in [1.54, 1.807) is 11.3 Å². The lowest BCUT2D eigenvalue weighted by atomic mass is 10.0. The van der Waals surface area contributed by atoms with Gasteiger partial charge in [-0.3, -0.25) is 4.90 Å². The zero-order chi connectivity index (χ0) is 13.8. The minimum absolute atomic E-state index is 0.264. The predicted molar refractivity (Wildman–Crippen MR) is 78.6 cm³/mol. The monoisotopic (exact) mass is 282 g/mol. The van der Waals surface area contributed by atoms with Crippen LogP contribution in [0.15, 0.2) is 0 Å². The molecule has 0 saturated carbocycles. The molecule has 0 spiro atoms. The normalized spacial score (nSPS) is 15.3. The number of nitrogens with two attached hydrogens (primary N) is 1. The van der Waals surface area contributed by atoms with Crippen molar-refractivity contribution >= 4 is 22.3 Å². The summed E-state index contributed by atoms with van der Waals surface area (Å²) >= 11 is 1.54. The van der Waals surface area contributed by atoms with Gasteiger partial charge in [-0.05, 0) is 31.9 Å². The number of esters is 1. The first kappa shape index (κ1) is 14.3. The van der Waals surface area contributed by atoms with E-state index in [-0.39, 0.29) is 5.97 Å². The van der Waals surface area contributed by atoms with Crippen LogP contribution in [0, 0.1) is 0 Å². The van der Waals surface area contributed by atoms with Crippen LogP contribution in [0.25, 0.3) is 0 Å². The molecule has 0 unspecified atom stereocenters. The third kappa shape index (κ3) is 3.09. The second-order valence-corrected chi connectivity index (χ2v) is 5.98. The number of thiophene rings is 1. The van der Waals surface area contributed by atoms with Crippen molar-refractivity contribution in [2.75, 3.05) is 25.4 Å². The predicted octanol–water partition coefficient (Wildman–Crippen LogP) is 2.67. The summed E-state index contributed by atoms with van der Waals surface area (Å²) in [5.74, 6) is -0.264. The Labute approximate surface area is 118 Å². The molecule has 2 N–H and O–H groups in total. The molecule has 0 saturated heterocycles. The highest BCUT2D eigenvalue weighted by atomic mass is 32.1. The minimum Gasteiger partial charge on any atom is -0.462 e. The molecule has 1 aliphatic heterocycles. The maximum absolute atomic E-state index is 11.9. The van der Waals surface area contributed by atoms with Crippen molar-refractivity contribution in [1.82, 2.24) is 4.90 Å². The van der Waals surface area contributed by atoms with Crippen LogP contribution in [-0.2, 0) is 17.7 Å². The van der Waals surface area contributed by atoms with Crippen LogP contribution in [0.2, 0.25) is 0 Å². The number of ether oxygens (including phenoxy) is 1. The molecule has 0 amide bonds. The average Bonchev–Trinajstić information content (AvgIpc) is 2.71. The molecular weight excluding hydrogens is 260 g/mol. The molecule has 2 rings (SSSR count). The molecular formula is C14H22N2O2S. The van der Waals surface area contributed by atoms with Gasteiger partial charge in [-0.15, -0.1) is 11.3 Å². The molecule has 1 aliphatic rings. The smallest absolute Gasteiger partial charge is 0.341 e. The first-order chi connectivity index (χ1) is 9.17. The number of unbranched alkanes of at least 4 members (excludes halogenated alkanes) is 1. The third-order valence-corrected chi connectivity index (χ3v) is 4.52. The fourth-order valence-electron chi connectivity index (χ4n) is 2.48. The molecule has 2 heterocycles. The molecule has 0 atom stereocenters. The van der Waals surface area contributed by atoms with Crippen molar-refractivity contribution in [3.63, 3.8) is 0 Å². The fourth-order valence-corrected chi connectivity index (χ4v) is 3.63. The third-order valence-electron chi connectivity index (χ3n) is 3.47. The second-order valence-electron chi connectivity index (χ2n) is 4.84. The van der Waals surface area contributed by atoms with Crippen molar-refractivity contribution in [3.8, 4) is 0 Å². The van der Waals surface area contributed by atoms with Crippen molar-refractivity contribution in [2.45, 2.75) is 39.7 Å². The highest BCUT2D eigenvalue weighted by molar-refractivity contribution is 7.16. The standard InChI is InChI=1S/C14H22N2O2S/c1-3-5-7-16-8-6-10-11(9-16)19-13(15)12(10)14(17)18-4-2/h3-9,15H2,1-2H3. The molecule has 0 radical (unpaired) electrons. The quantitative estimate of drug-likeness (QED) is 0.844. The van der Waals surface area contributed by atoms with E-state index in [0.717, 1.165) is 31.6 Å². The van der Waals surface area contributed by atoms with Gasteiger partial charge in [-0.1, -0.05) is 13.3 Å². The lowest BCUT2D eigenvalue weighted by Crippen LogP contribution is -2.31. The van der Waals surface area contributed by atoms with Gasteiger partial charge >= 0.3 is 5.97 Å². The van der Waals surface area contributed by atoms with Crippen LogP contribution < -0.4 is 5.73 Å². The van der Waals surface area contributed by atoms with Gasteiger partial charge in [-0.25, -0.2) is 4.79 Å². The van der Waals surface area contributed by atoms with Crippen LogP contribution in [0.5, 0.6) is 0 Å². The summed E-state index contributed by atoms with van der Waals surface area (Å²) in [5, 5.41) is 0.612. The van der Waals surface area contributed by atoms with Gasteiger partial charge in [0.1, 0.15) is 5.00 Å². The van der Waals surface area contributed by atoms with Crippen LogP contribution in [0.1, 0.15) is 47.5 Å². The number of carbonyl (C=O) groups excluding carboxylic acids is 1. The first-order valence-electron chi connectivity index (χ1n) is 6.96. The van der Waals surface area contributed by atoms with Gasteiger partial charge < -0.3 is 10.5 Å². The lowest BCUT2D eigenvalue weighted by molar-refractivity contribution is 0.0526. The largest absolute Gasteiger partial charge is 0.462 e. The molecule has 0 aromatic carbocycles. The highest BCUT2D eigenvalue weighted by Gasteiger charge is 2.27. The number of hydrogen-bond acceptors (Lipinski definition) is 5. The molecule has 19 heavy (non-hydrogen) atoms. The highest BCUT2D eigenvalue weighted by Crippen LogP contribution is 2.35. The molecule has 0 aliphatic carbocycles. The maximum Gasteiger partial charge on any atom is 0.341 e. The van der Waals surface area contributed by atoms with Crippen LogP contribution >= 0.6 is 11.3 Å². The van der Waals surface area contributed by atoms with Crippen molar-refractivity contribution in [3.05, 3.63) is 16.0 Å². The Morgan fingerprint density at radius 1 is 1.47 bits per heavy atom. The molecule has 4 nitrogen and oxygen atoms in total. The van der Waals surface area contributed by atoms with Crippen molar-refractivity contribution in [1.29, 1.82) is 0 Å². The van der Waals surface area contributed by atoms with Crippen LogP contribution in [-0.4, -0.2) is 30.6 Å². The summed E-state index contributed by atoms with van der Waals surface area (Å²) < 4.78 is 5.10. The molecule has 1 aromatic rings. The van der Waals surface area contributed by atoms with Gasteiger partial charge in [0.25, 0.3) is 0 Å². The number of hydrogen-bond donors (Lipinski definition) is 1. The van der Waals surface area contributed by atoms with Crippen molar-refractivity contribution < 1.29 is 9.53 Å². The Morgan fingerprint density at radius 3 is 2.95 bits per heavy atom. The van der Waals surface area contributed by atoms with Gasteiger partial charge in [-0.2, -0.15) is 0 Å². The second kappa shape index (κ2) is 6.39. The maximum atomic E-state index is 11.9. The summed E-state index contributed by atoms with van der Waals surface area (Å²) in [4.78, 5) is 15.6. The van der Waals surface area contributed by atoms with Crippen LogP contribution in [0.3, 0.4) is 0 Å². The lowest BCUT2D eigenvalue weighted by Gasteiger charge is -2.26. The molecule has 106 valence electrons. The first-order valence-corrected chi connectivity index (χ1v) is 7.78. The number of anilines is 1. The van der Waals surface area contributed by atoms with Crippen LogP contribution in [0.4, 0.5) is 5.00 Å². The van der Waals surface area contributed by atoms with E-state index in [0.29, 0.717) is 17.2 Å². The Kier molecular flexibility index (Phi) is 4.82. The Balaban J connectivity index is 2.15.